The average Bonchev–Trinajstić information content (AvgIpc) is 2.70. The van der Waals surface area contributed by atoms with Gasteiger partial charge in [0, 0.05) is 0 Å². The van der Waals surface area contributed by atoms with Crippen LogP contribution < -0.4 is 15.9 Å². The van der Waals surface area contributed by atoms with Crippen LogP contribution in [0, 0.1) is 0 Å². The van der Waals surface area contributed by atoms with E-state index >= 15 is 0 Å². The van der Waals surface area contributed by atoms with E-state index in [0.29, 0.717) is 4.20 Å². The number of rotatable bonds is 5. The summed E-state index contributed by atoms with van der Waals surface area (Å²) in [5, 5.41) is 3.32. The van der Waals surface area contributed by atoms with Crippen molar-refractivity contribution in [2.24, 2.45) is 0 Å². The number of halogens is 1. The van der Waals surface area contributed by atoms with Crippen LogP contribution in [0.25, 0.3) is 0 Å². The van der Waals surface area contributed by atoms with Crippen molar-refractivity contribution in [1.82, 2.24) is 0 Å². The van der Waals surface area contributed by atoms with Crippen LogP contribution in [0.5, 0.6) is 0 Å². The summed E-state index contributed by atoms with van der Waals surface area (Å²) in [5.74, 6) is -0.310. The van der Waals surface area contributed by atoms with Gasteiger partial charge in [-0.15, -0.1) is 0 Å². The number of carbonyl (C=O) groups is 1. The van der Waals surface area contributed by atoms with Gasteiger partial charge in [0.05, 0.1) is 6.10 Å². The molecule has 0 bridgehead atoms. The van der Waals surface area contributed by atoms with Crippen molar-refractivity contribution < 1.29 is 9.53 Å². The molecule has 4 heteroatoms. The van der Waals surface area contributed by atoms with Gasteiger partial charge in [0.1, 0.15) is 4.20 Å². The van der Waals surface area contributed by atoms with Gasteiger partial charge in [-0.3, -0.25) is 0 Å². The van der Waals surface area contributed by atoms with E-state index in [0.717, 1.165) is 15.9 Å². The Morgan fingerprint density at radius 2 is 1.07 bits per heavy atom. The second-order valence-corrected chi connectivity index (χ2v) is 11.2. The molecule has 0 saturated carbocycles. The molecule has 0 heterocycles. The zero-order valence-electron chi connectivity index (χ0n) is 15.4. The van der Waals surface area contributed by atoms with Gasteiger partial charge in [-0.05, 0) is 52.6 Å². The molecule has 0 aliphatic carbocycles. The highest BCUT2D eigenvalue weighted by Crippen LogP contribution is 2.47. The second-order valence-electron chi connectivity index (χ2n) is 6.42. The molecule has 0 radical (unpaired) electrons. The molecule has 0 atom stereocenters. The lowest BCUT2D eigenvalue weighted by molar-refractivity contribution is -0.138. The quantitative estimate of drug-likeness (QED) is 0.432. The fourth-order valence-corrected chi connectivity index (χ4v) is 8.84. The van der Waals surface area contributed by atoms with Gasteiger partial charge < -0.3 is 4.74 Å². The zero-order valence-corrected chi connectivity index (χ0v) is 17.9. The first kappa shape index (κ1) is 19.7. The Hall–Kier alpha value is -2.09. The summed E-state index contributed by atoms with van der Waals surface area (Å²) in [5.41, 5.74) is 0. The Bertz CT molecular complexity index is 848. The Balaban J connectivity index is 2.46. The fourth-order valence-electron chi connectivity index (χ4n) is 3.14. The van der Waals surface area contributed by atoms with Gasteiger partial charge >= 0.3 is 5.97 Å². The molecule has 0 aliphatic heterocycles. The number of carbonyl (C=O) groups excluding carboxylic acids is 1. The Kier molecular flexibility index (Phi) is 6.36. The first-order chi connectivity index (χ1) is 13.1. The molecular weight excluding hydrogens is 419 g/mol. The van der Waals surface area contributed by atoms with E-state index in [1.165, 1.54) is 0 Å². The molecule has 0 spiro atoms. The lowest BCUT2D eigenvalue weighted by Crippen LogP contribution is -2.32. The van der Waals surface area contributed by atoms with E-state index in [-0.39, 0.29) is 12.1 Å². The van der Waals surface area contributed by atoms with Gasteiger partial charge in [0.15, 0.2) is 0 Å². The molecule has 0 saturated heterocycles. The molecule has 0 unspecified atom stereocenters. The lowest BCUT2D eigenvalue weighted by atomic mass is 10.4. The third-order valence-electron chi connectivity index (χ3n) is 4.24. The topological polar surface area (TPSA) is 26.3 Å². The van der Waals surface area contributed by atoms with Crippen LogP contribution in [-0.2, 0) is 9.53 Å². The average molecular weight is 441 g/mol. The van der Waals surface area contributed by atoms with Crippen molar-refractivity contribution in [3.05, 3.63) is 91.0 Å². The minimum absolute atomic E-state index is 0.186. The molecule has 27 heavy (non-hydrogen) atoms. The summed E-state index contributed by atoms with van der Waals surface area (Å²) in [4.78, 5) is 13.0. The normalized spacial score (nSPS) is 11.3. The first-order valence-corrected chi connectivity index (χ1v) is 11.4. The van der Waals surface area contributed by atoms with Crippen LogP contribution in [0.1, 0.15) is 13.8 Å². The summed E-state index contributed by atoms with van der Waals surface area (Å²) in [7, 11) is 0. The number of hydrogen-bond donors (Lipinski definition) is 0. The number of hydrogen-bond acceptors (Lipinski definition) is 2. The first-order valence-electron chi connectivity index (χ1n) is 8.86. The second kappa shape index (κ2) is 8.73. The summed E-state index contributed by atoms with van der Waals surface area (Å²) in [6.45, 7) is 1.34. The van der Waals surface area contributed by atoms with E-state index < -0.39 is 6.89 Å². The molecule has 2 nitrogen and oxygen atoms in total. The van der Waals surface area contributed by atoms with Gasteiger partial charge in [-0.2, -0.15) is 0 Å². The smallest absolute Gasteiger partial charge is 0.346 e. The molecule has 3 aromatic rings. The van der Waals surface area contributed by atoms with E-state index in [1.54, 1.807) is 0 Å². The predicted molar refractivity (Wildman–Crippen MR) is 120 cm³/mol. The highest BCUT2D eigenvalue weighted by molar-refractivity contribution is 9.20. The van der Waals surface area contributed by atoms with Crippen LogP contribution >= 0.6 is 22.8 Å². The van der Waals surface area contributed by atoms with Crippen molar-refractivity contribution in [2.75, 3.05) is 0 Å². The third-order valence-corrected chi connectivity index (χ3v) is 10.1. The van der Waals surface area contributed by atoms with Crippen LogP contribution in [0.2, 0.25) is 0 Å². The summed E-state index contributed by atoms with van der Waals surface area (Å²) >= 11 is 3.70. The largest absolute Gasteiger partial charge is 0.459 e. The molecule has 0 aromatic heterocycles. The van der Waals surface area contributed by atoms with E-state index in [4.69, 9.17) is 4.74 Å². The molecule has 0 aliphatic rings. The van der Waals surface area contributed by atoms with E-state index in [9.17, 15) is 4.79 Å². The standard InChI is InChI=1S/C23H22BrO2P/c1-18(2)26-23(25)22(24)27(19-12-6-3-7-13-19,20-14-8-4-9-15-20)21-16-10-5-11-17-21/h3-18H,1-2H3. The fraction of sp³-hybridized carbons (Fsp3) is 0.130. The minimum atomic E-state index is -2.40. The van der Waals surface area contributed by atoms with Crippen LogP contribution in [0.3, 0.4) is 0 Å². The Morgan fingerprint density at radius 1 is 0.741 bits per heavy atom. The number of benzene rings is 3. The van der Waals surface area contributed by atoms with Gasteiger partial charge in [-0.1, -0.05) is 91.0 Å². The van der Waals surface area contributed by atoms with Gasteiger partial charge in [0.25, 0.3) is 0 Å². The summed E-state index contributed by atoms with van der Waals surface area (Å²) in [6.07, 6.45) is -0.186. The molecule has 138 valence electrons. The lowest BCUT2D eigenvalue weighted by Gasteiger charge is -2.30. The molecular formula is C23H22BrO2P. The van der Waals surface area contributed by atoms with E-state index in [1.807, 2.05) is 68.4 Å². The van der Waals surface area contributed by atoms with Crippen molar-refractivity contribution in [2.45, 2.75) is 20.0 Å². The van der Waals surface area contributed by atoms with Crippen molar-refractivity contribution >= 4 is 48.9 Å². The minimum Gasteiger partial charge on any atom is -0.459 e. The van der Waals surface area contributed by atoms with Crippen molar-refractivity contribution in [1.29, 1.82) is 0 Å². The predicted octanol–water partition coefficient (Wildman–Crippen LogP) is 4.46. The monoisotopic (exact) mass is 440 g/mol. The maximum Gasteiger partial charge on any atom is 0.346 e. The molecule has 0 amide bonds. The SMILES string of the molecule is CC(C)OC(=O)C(Br)=P(c1ccccc1)(c1ccccc1)c1ccccc1. The number of esters is 1. The molecule has 0 fully saturated rings. The maximum atomic E-state index is 13.0. The van der Waals surface area contributed by atoms with Crippen molar-refractivity contribution in [3.8, 4) is 0 Å². The molecule has 3 rings (SSSR count). The zero-order chi connectivity index (χ0) is 19.3. The summed E-state index contributed by atoms with van der Waals surface area (Å²) < 4.78 is 6.16. The summed E-state index contributed by atoms with van der Waals surface area (Å²) in [6, 6.07) is 30.7. The van der Waals surface area contributed by atoms with Crippen LogP contribution in [0.15, 0.2) is 91.0 Å². The Morgan fingerprint density at radius 3 is 1.37 bits per heavy atom. The number of ether oxygens (including phenoxy) is 1. The van der Waals surface area contributed by atoms with Crippen molar-refractivity contribution in [3.63, 3.8) is 0 Å². The van der Waals surface area contributed by atoms with Crippen LogP contribution in [0.4, 0.5) is 0 Å². The molecule has 3 aromatic carbocycles. The highest BCUT2D eigenvalue weighted by atomic mass is 79.9. The maximum absolute atomic E-state index is 13.0. The van der Waals surface area contributed by atoms with Gasteiger partial charge in [0.2, 0.25) is 0 Å². The van der Waals surface area contributed by atoms with Crippen LogP contribution in [-0.4, -0.2) is 16.3 Å². The Labute approximate surface area is 169 Å². The molecule has 0 N–H and O–H groups in total. The van der Waals surface area contributed by atoms with E-state index in [2.05, 4.69) is 52.3 Å². The van der Waals surface area contributed by atoms with Gasteiger partial charge in [-0.25, -0.2) is 4.79 Å². The highest BCUT2D eigenvalue weighted by Gasteiger charge is 2.32. The third kappa shape index (κ3) is 3.95.